The molecule has 0 aromatic carbocycles. The predicted octanol–water partition coefficient (Wildman–Crippen LogP) is 2.09. The summed E-state index contributed by atoms with van der Waals surface area (Å²) in [5, 5.41) is 17.7. The topological polar surface area (TPSA) is 74.6 Å². The fraction of sp³-hybridized carbons (Fsp3) is 0.818. The quantitative estimate of drug-likeness (QED) is 0.713. The molecule has 1 unspecified atom stereocenters. The molecule has 88 valence electrons. The van der Waals surface area contributed by atoms with Gasteiger partial charge in [0.2, 0.25) is 0 Å². The van der Waals surface area contributed by atoms with Crippen LogP contribution in [0.15, 0.2) is 0 Å². The molecular formula is C11H20O4. The van der Waals surface area contributed by atoms with Crippen LogP contribution in [0.2, 0.25) is 0 Å². The number of carboxylic acid groups (broad SMARTS) is 2. The standard InChI is InChI=1S/C11H20O4/c1-6(2)10(7(3)4)8(11(14)15)5-9(12)13/h6-8,10H,5H2,1-4H3,(H,12,13)(H,14,15). The molecule has 4 heteroatoms. The van der Waals surface area contributed by atoms with Crippen LogP contribution in [0.3, 0.4) is 0 Å². The Morgan fingerprint density at radius 1 is 1.00 bits per heavy atom. The van der Waals surface area contributed by atoms with Gasteiger partial charge in [0, 0.05) is 0 Å². The minimum atomic E-state index is -1.05. The third kappa shape index (κ3) is 4.32. The smallest absolute Gasteiger partial charge is 0.307 e. The molecular weight excluding hydrogens is 196 g/mol. The predicted molar refractivity (Wildman–Crippen MR) is 56.5 cm³/mol. The van der Waals surface area contributed by atoms with Gasteiger partial charge in [-0.15, -0.1) is 0 Å². The summed E-state index contributed by atoms with van der Waals surface area (Å²) in [7, 11) is 0. The van der Waals surface area contributed by atoms with Crippen LogP contribution >= 0.6 is 0 Å². The van der Waals surface area contributed by atoms with Crippen LogP contribution in [-0.4, -0.2) is 22.2 Å². The molecule has 1 atom stereocenters. The summed E-state index contributed by atoms with van der Waals surface area (Å²) in [6.07, 6.45) is -0.295. The Hall–Kier alpha value is -1.06. The van der Waals surface area contributed by atoms with Gasteiger partial charge in [0.15, 0.2) is 0 Å². The number of hydrogen-bond donors (Lipinski definition) is 2. The zero-order valence-corrected chi connectivity index (χ0v) is 9.73. The number of carbonyl (C=O) groups is 2. The summed E-state index contributed by atoms with van der Waals surface area (Å²) >= 11 is 0. The molecule has 0 bridgehead atoms. The van der Waals surface area contributed by atoms with Crippen LogP contribution < -0.4 is 0 Å². The van der Waals surface area contributed by atoms with Crippen LogP contribution in [0.5, 0.6) is 0 Å². The van der Waals surface area contributed by atoms with Crippen molar-refractivity contribution in [2.45, 2.75) is 34.1 Å². The van der Waals surface area contributed by atoms with E-state index in [4.69, 9.17) is 10.2 Å². The summed E-state index contributed by atoms with van der Waals surface area (Å²) in [5.41, 5.74) is 0. The Morgan fingerprint density at radius 2 is 1.40 bits per heavy atom. The molecule has 0 aliphatic carbocycles. The number of hydrogen-bond acceptors (Lipinski definition) is 2. The van der Waals surface area contributed by atoms with Gasteiger partial charge in [-0.25, -0.2) is 0 Å². The maximum atomic E-state index is 11.0. The molecule has 4 nitrogen and oxygen atoms in total. The summed E-state index contributed by atoms with van der Waals surface area (Å²) in [6, 6.07) is 0. The first-order valence-electron chi connectivity index (χ1n) is 5.22. The summed E-state index contributed by atoms with van der Waals surface area (Å²) in [6.45, 7) is 7.73. The van der Waals surface area contributed by atoms with Crippen molar-refractivity contribution in [1.82, 2.24) is 0 Å². The van der Waals surface area contributed by atoms with Crippen LogP contribution in [0, 0.1) is 23.7 Å². The number of aliphatic carboxylic acids is 2. The van der Waals surface area contributed by atoms with E-state index in [1.807, 2.05) is 27.7 Å². The second-order valence-electron chi connectivity index (χ2n) is 4.61. The first-order valence-corrected chi connectivity index (χ1v) is 5.22. The summed E-state index contributed by atoms with van der Waals surface area (Å²) < 4.78 is 0. The van der Waals surface area contributed by atoms with Crippen molar-refractivity contribution in [3.63, 3.8) is 0 Å². The fourth-order valence-electron chi connectivity index (χ4n) is 2.28. The molecule has 0 fully saturated rings. The molecule has 2 N–H and O–H groups in total. The zero-order valence-electron chi connectivity index (χ0n) is 9.73. The molecule has 0 saturated carbocycles. The molecule has 15 heavy (non-hydrogen) atoms. The van der Waals surface area contributed by atoms with Gasteiger partial charge in [-0.3, -0.25) is 9.59 Å². The molecule has 0 saturated heterocycles. The molecule has 0 radical (unpaired) electrons. The van der Waals surface area contributed by atoms with E-state index in [0.29, 0.717) is 0 Å². The molecule has 0 amide bonds. The Kier molecular flexibility index (Phi) is 5.33. The highest BCUT2D eigenvalue weighted by atomic mass is 16.4. The van der Waals surface area contributed by atoms with Crippen LogP contribution in [0.25, 0.3) is 0 Å². The first kappa shape index (κ1) is 13.9. The molecule has 0 rings (SSSR count). The van der Waals surface area contributed by atoms with Crippen molar-refractivity contribution in [3.8, 4) is 0 Å². The molecule has 0 heterocycles. The van der Waals surface area contributed by atoms with E-state index in [1.165, 1.54) is 0 Å². The number of carboxylic acids is 2. The van der Waals surface area contributed by atoms with Gasteiger partial charge in [-0.05, 0) is 17.8 Å². The number of rotatable bonds is 6. The van der Waals surface area contributed by atoms with Crippen LogP contribution in [0.4, 0.5) is 0 Å². The van der Waals surface area contributed by atoms with Crippen molar-refractivity contribution in [3.05, 3.63) is 0 Å². The van der Waals surface area contributed by atoms with Crippen molar-refractivity contribution in [2.75, 3.05) is 0 Å². The van der Waals surface area contributed by atoms with Crippen molar-refractivity contribution in [2.24, 2.45) is 23.7 Å². The van der Waals surface area contributed by atoms with Crippen LogP contribution in [0.1, 0.15) is 34.1 Å². The lowest BCUT2D eigenvalue weighted by atomic mass is 9.74. The molecule has 0 aromatic rings. The van der Waals surface area contributed by atoms with Gasteiger partial charge in [0.05, 0.1) is 12.3 Å². The highest BCUT2D eigenvalue weighted by Gasteiger charge is 2.34. The molecule has 0 aliphatic heterocycles. The summed E-state index contributed by atoms with van der Waals surface area (Å²) in [5.74, 6) is -2.60. The largest absolute Gasteiger partial charge is 0.481 e. The lowest BCUT2D eigenvalue weighted by Gasteiger charge is -2.29. The van der Waals surface area contributed by atoms with Gasteiger partial charge < -0.3 is 10.2 Å². The van der Waals surface area contributed by atoms with E-state index in [9.17, 15) is 9.59 Å². The minimum absolute atomic E-state index is 0.0985. The van der Waals surface area contributed by atoms with E-state index in [2.05, 4.69) is 0 Å². The molecule has 0 aliphatic rings. The van der Waals surface area contributed by atoms with E-state index in [1.54, 1.807) is 0 Å². The maximum Gasteiger partial charge on any atom is 0.307 e. The van der Waals surface area contributed by atoms with Crippen LogP contribution in [-0.2, 0) is 9.59 Å². The van der Waals surface area contributed by atoms with E-state index in [0.717, 1.165) is 0 Å². The second kappa shape index (κ2) is 5.73. The van der Waals surface area contributed by atoms with Gasteiger partial charge in [-0.2, -0.15) is 0 Å². The third-order valence-corrected chi connectivity index (χ3v) is 2.72. The van der Waals surface area contributed by atoms with Crippen molar-refractivity contribution < 1.29 is 19.8 Å². The van der Waals surface area contributed by atoms with Gasteiger partial charge in [0.1, 0.15) is 0 Å². The Bertz CT molecular complexity index is 225. The van der Waals surface area contributed by atoms with Gasteiger partial charge >= 0.3 is 11.9 Å². The first-order chi connectivity index (χ1) is 6.77. The third-order valence-electron chi connectivity index (χ3n) is 2.72. The Morgan fingerprint density at radius 3 is 1.60 bits per heavy atom. The average molecular weight is 216 g/mol. The van der Waals surface area contributed by atoms with Gasteiger partial charge in [0.25, 0.3) is 0 Å². The van der Waals surface area contributed by atoms with E-state index in [-0.39, 0.29) is 24.2 Å². The lowest BCUT2D eigenvalue weighted by molar-refractivity contribution is -0.151. The Labute approximate surface area is 90.3 Å². The van der Waals surface area contributed by atoms with E-state index < -0.39 is 17.9 Å². The SMILES string of the molecule is CC(C)C(C(C)C)C(CC(=O)O)C(=O)O. The van der Waals surface area contributed by atoms with Crippen molar-refractivity contribution in [1.29, 1.82) is 0 Å². The second-order valence-corrected chi connectivity index (χ2v) is 4.61. The zero-order chi connectivity index (χ0) is 12.2. The van der Waals surface area contributed by atoms with Crippen molar-refractivity contribution >= 4 is 11.9 Å². The van der Waals surface area contributed by atoms with E-state index >= 15 is 0 Å². The monoisotopic (exact) mass is 216 g/mol. The molecule has 0 aromatic heterocycles. The Balaban J connectivity index is 4.84. The lowest BCUT2D eigenvalue weighted by Crippen LogP contribution is -2.33. The maximum absolute atomic E-state index is 11.0. The minimum Gasteiger partial charge on any atom is -0.481 e. The highest BCUT2D eigenvalue weighted by Crippen LogP contribution is 2.31. The normalized spacial score (nSPS) is 13.5. The summed E-state index contributed by atoms with van der Waals surface area (Å²) in [4.78, 5) is 21.6. The van der Waals surface area contributed by atoms with Gasteiger partial charge in [-0.1, -0.05) is 27.7 Å². The average Bonchev–Trinajstić information content (AvgIpc) is 2.00. The fourth-order valence-corrected chi connectivity index (χ4v) is 2.28. The highest BCUT2D eigenvalue weighted by molar-refractivity contribution is 5.78. The molecule has 0 spiro atoms.